The first-order chi connectivity index (χ1) is 27.0. The molecule has 3 aromatic carbocycles. The smallest absolute Gasteiger partial charge is 0.335 e. The first-order valence-corrected chi connectivity index (χ1v) is 20.2. The lowest BCUT2D eigenvalue weighted by Gasteiger charge is -2.63. The number of furan rings is 1. The van der Waals surface area contributed by atoms with Crippen LogP contribution in [-0.2, 0) is 32.7 Å². The first-order valence-electron chi connectivity index (χ1n) is 19.2. The number of thioether (sulfide) groups is 1. The van der Waals surface area contributed by atoms with Crippen molar-refractivity contribution in [2.75, 3.05) is 39.9 Å². The molecule has 3 N–H and O–H groups in total. The molecule has 0 saturated carbocycles. The Morgan fingerprint density at radius 2 is 1.88 bits per heavy atom. The summed E-state index contributed by atoms with van der Waals surface area (Å²) in [6, 6.07) is 8.12. The van der Waals surface area contributed by atoms with Gasteiger partial charge in [0.05, 0.1) is 31.1 Å². The fourth-order valence-electron chi connectivity index (χ4n) is 10.9. The Morgan fingerprint density at radius 3 is 2.64 bits per heavy atom. The zero-order valence-electron chi connectivity index (χ0n) is 32.1. The Balaban J connectivity index is 1.25. The van der Waals surface area contributed by atoms with Crippen molar-refractivity contribution in [2.24, 2.45) is 0 Å². The number of aromatic hydroxyl groups is 1. The highest BCUT2D eigenvalue weighted by atomic mass is 32.2. The molecule has 0 amide bonds. The van der Waals surface area contributed by atoms with Crippen molar-refractivity contribution in [3.8, 4) is 28.7 Å². The Hall–Kier alpha value is -4.47. The van der Waals surface area contributed by atoms with Crippen molar-refractivity contribution in [3.63, 3.8) is 0 Å². The van der Waals surface area contributed by atoms with Gasteiger partial charge in [0.2, 0.25) is 6.79 Å². The van der Waals surface area contributed by atoms with Gasteiger partial charge in [-0.2, -0.15) is 0 Å². The van der Waals surface area contributed by atoms with Gasteiger partial charge >= 0.3 is 11.9 Å². The normalized spacial score (nSPS) is 30.3. The number of para-hydroxylation sites is 1. The highest BCUT2D eigenvalue weighted by molar-refractivity contribution is 7.99. The van der Waals surface area contributed by atoms with Crippen LogP contribution in [0.2, 0.25) is 0 Å². The van der Waals surface area contributed by atoms with Crippen molar-refractivity contribution in [2.45, 2.75) is 87.6 Å². The van der Waals surface area contributed by atoms with Gasteiger partial charge in [-0.15, -0.1) is 11.8 Å². The molecule has 4 bridgehead atoms. The molecule has 14 heteroatoms. The molecule has 7 aliphatic heterocycles. The summed E-state index contributed by atoms with van der Waals surface area (Å²) >= 11 is 1.55. The molecule has 1 spiro atoms. The third-order valence-electron chi connectivity index (χ3n) is 13.2. The number of aliphatic hydroxyl groups is 1. The van der Waals surface area contributed by atoms with E-state index in [1.807, 2.05) is 38.1 Å². The number of rotatable bonds is 3. The van der Waals surface area contributed by atoms with E-state index in [4.69, 9.17) is 28.1 Å². The number of carbonyl (C=O) groups is 2. The lowest BCUT2D eigenvalue weighted by atomic mass is 9.71. The number of fused-ring (bicyclic) bond motifs is 11. The van der Waals surface area contributed by atoms with Crippen LogP contribution in [-0.4, -0.2) is 96.0 Å². The van der Waals surface area contributed by atoms with Crippen LogP contribution < -0.4 is 24.3 Å². The highest BCUT2D eigenvalue weighted by Crippen LogP contribution is 2.64. The van der Waals surface area contributed by atoms with Crippen LogP contribution in [0.1, 0.15) is 75.9 Å². The molecule has 4 aromatic rings. The third-order valence-corrected chi connectivity index (χ3v) is 14.6. The Kier molecular flexibility index (Phi) is 8.19. The van der Waals surface area contributed by atoms with E-state index in [1.54, 1.807) is 18.9 Å². The van der Waals surface area contributed by atoms with Crippen molar-refractivity contribution in [3.05, 3.63) is 75.0 Å². The summed E-state index contributed by atoms with van der Waals surface area (Å²) in [6.45, 7) is 7.16. The number of ether oxygens (including phenoxy) is 5. The zero-order chi connectivity index (χ0) is 38.9. The largest absolute Gasteiger partial charge is 0.504 e. The van der Waals surface area contributed by atoms with Crippen molar-refractivity contribution >= 4 is 34.7 Å². The number of aliphatic hydroxyl groups excluding tert-OH is 1. The predicted octanol–water partition coefficient (Wildman–Crippen LogP) is 4.88. The maximum absolute atomic E-state index is 15.0. The van der Waals surface area contributed by atoms with E-state index in [-0.39, 0.29) is 55.7 Å². The number of nitrogens with one attached hydrogen (secondary N) is 1. The number of likely N-dealkylation sites (N-methyl/N-ethyl adjacent to an activating group) is 1. The van der Waals surface area contributed by atoms with Crippen LogP contribution in [0.4, 0.5) is 0 Å². The molecule has 11 rings (SSSR count). The van der Waals surface area contributed by atoms with Gasteiger partial charge in [0.15, 0.2) is 28.5 Å². The molecule has 8 atom stereocenters. The van der Waals surface area contributed by atoms with Gasteiger partial charge in [0, 0.05) is 70.0 Å². The summed E-state index contributed by atoms with van der Waals surface area (Å²) in [5.41, 5.74) is 4.95. The molecular weight excluding hydrogens is 739 g/mol. The van der Waals surface area contributed by atoms with E-state index in [0.717, 1.165) is 38.8 Å². The van der Waals surface area contributed by atoms with Gasteiger partial charge in [0.25, 0.3) is 0 Å². The molecule has 2 saturated heterocycles. The first kappa shape index (κ1) is 35.9. The minimum atomic E-state index is -1.47. The number of benzene rings is 3. The molecule has 8 heterocycles. The summed E-state index contributed by atoms with van der Waals surface area (Å²) < 4.78 is 37.5. The molecule has 0 radical (unpaired) electrons. The number of carbonyl (C=O) groups excluding carboxylic acids is 2. The molecule has 1 aromatic heterocycles. The molecule has 1 unspecified atom stereocenters. The third kappa shape index (κ3) is 4.76. The Labute approximate surface area is 328 Å². The maximum atomic E-state index is 15.0. The van der Waals surface area contributed by atoms with E-state index in [1.165, 1.54) is 6.92 Å². The molecule has 13 nitrogen and oxygen atoms in total. The average Bonchev–Trinajstić information content (AvgIpc) is 3.82. The van der Waals surface area contributed by atoms with Crippen LogP contribution in [0.25, 0.3) is 11.0 Å². The molecule has 0 aliphatic carbocycles. The lowest BCUT2D eigenvalue weighted by Crippen LogP contribution is -2.69. The number of methoxy groups -OCH3 is 1. The van der Waals surface area contributed by atoms with E-state index in [9.17, 15) is 19.8 Å². The number of aryl methyl sites for hydroxylation is 1. The van der Waals surface area contributed by atoms with Crippen LogP contribution in [0.15, 0.2) is 34.7 Å². The van der Waals surface area contributed by atoms with Gasteiger partial charge < -0.3 is 38.3 Å². The molecule has 56 heavy (non-hydrogen) atoms. The van der Waals surface area contributed by atoms with Crippen molar-refractivity contribution in [1.82, 2.24) is 15.1 Å². The number of esters is 2. The summed E-state index contributed by atoms with van der Waals surface area (Å²) in [7, 11) is 3.69. The summed E-state index contributed by atoms with van der Waals surface area (Å²) in [5.74, 6) is 1.65. The Morgan fingerprint density at radius 1 is 1.09 bits per heavy atom. The van der Waals surface area contributed by atoms with Crippen molar-refractivity contribution in [1.29, 1.82) is 0 Å². The number of nitrogens with zero attached hydrogens (tertiary/aromatic N) is 2. The number of phenolic OH excluding ortho intramolecular Hbond substituents is 1. The van der Waals surface area contributed by atoms with Gasteiger partial charge in [-0.05, 0) is 57.9 Å². The lowest BCUT2D eigenvalue weighted by molar-refractivity contribution is -0.159. The van der Waals surface area contributed by atoms with Crippen molar-refractivity contribution < 1.29 is 47.9 Å². The fraction of sp³-hybridized carbons (Fsp3) is 0.476. The summed E-state index contributed by atoms with van der Waals surface area (Å²) in [4.78, 5) is 32.8. The number of piperazine rings is 1. The SMILES string of the molecule is COc1c(C)cc2c(c1O)[C@@H]1C3[C@@H]4SC[C@]5(N[C@H](CO)Cc6c5oc5ccccc65)C(=O)OC[C@@H](c5c6c(c(C)c(OC(C)=O)c54)OCO6)N3[C@@H](C)[C@H](C2)N1C. The fourth-order valence-corrected chi connectivity index (χ4v) is 12.6. The van der Waals surface area contributed by atoms with E-state index in [2.05, 4.69) is 35.2 Å². The minimum absolute atomic E-state index is 0.00573. The molecule has 2 fully saturated rings. The molecule has 294 valence electrons. The van der Waals surface area contributed by atoms with E-state index >= 15 is 0 Å². The number of phenols is 1. The monoisotopic (exact) mass is 783 g/mol. The predicted molar refractivity (Wildman–Crippen MR) is 206 cm³/mol. The van der Waals surface area contributed by atoms with Gasteiger partial charge in [-0.1, -0.05) is 24.3 Å². The van der Waals surface area contributed by atoms with Crippen LogP contribution in [0.3, 0.4) is 0 Å². The summed E-state index contributed by atoms with van der Waals surface area (Å²) in [5, 5.41) is 26.7. The van der Waals surface area contributed by atoms with Crippen LogP contribution in [0.5, 0.6) is 28.7 Å². The quantitative estimate of drug-likeness (QED) is 0.191. The highest BCUT2D eigenvalue weighted by Gasteiger charge is 2.61. The van der Waals surface area contributed by atoms with E-state index < -0.39 is 34.8 Å². The van der Waals surface area contributed by atoms with Crippen LogP contribution in [0, 0.1) is 13.8 Å². The van der Waals surface area contributed by atoms with Gasteiger partial charge in [-0.25, -0.2) is 4.79 Å². The minimum Gasteiger partial charge on any atom is -0.504 e. The second kappa shape index (κ2) is 12.8. The second-order valence-corrected chi connectivity index (χ2v) is 17.2. The van der Waals surface area contributed by atoms with E-state index in [0.29, 0.717) is 52.7 Å². The topological polar surface area (TPSA) is 152 Å². The van der Waals surface area contributed by atoms with Gasteiger partial charge in [0.1, 0.15) is 23.7 Å². The van der Waals surface area contributed by atoms with Crippen LogP contribution >= 0.6 is 11.8 Å². The number of hydrogen-bond acceptors (Lipinski definition) is 14. The molecular formula is C42H45N3O10S. The molecule has 7 aliphatic rings. The maximum Gasteiger partial charge on any atom is 0.335 e. The zero-order valence-corrected chi connectivity index (χ0v) is 33.0. The average molecular weight is 784 g/mol. The summed E-state index contributed by atoms with van der Waals surface area (Å²) in [6.07, 6.45) is 1.16. The number of hydrogen-bond donors (Lipinski definition) is 3. The second-order valence-electron chi connectivity index (χ2n) is 16.0. The van der Waals surface area contributed by atoms with Gasteiger partial charge in [-0.3, -0.25) is 19.9 Å². The Bertz CT molecular complexity index is 2350. The standard InChI is InChI=1S/C42H45N3O10S/c1-18-11-22-12-26-20(3)45-27-15-51-41(49)42(40-25(13-23(14-46)43-42)24-9-7-8-10-28(24)55-40)16-56-39(33(45)32(44(26)5)29(22)34(48)35(18)50-6)31-30(27)38-37(52-17-53-38)19(2)36(31)54-21(4)47/h7-11,20,23,26-27,32-33,39,43,46,48H,12-17H2,1-6H3/t20-,23-,26-,27-,32+,33?,39+,42+/m0/s1.